The van der Waals surface area contributed by atoms with Gasteiger partial charge in [-0.3, -0.25) is 4.79 Å². The van der Waals surface area contributed by atoms with E-state index >= 15 is 0 Å². The van der Waals surface area contributed by atoms with Gasteiger partial charge in [0, 0.05) is 26.7 Å². The van der Waals surface area contributed by atoms with Crippen molar-refractivity contribution in [1.82, 2.24) is 10.2 Å². The van der Waals surface area contributed by atoms with Gasteiger partial charge >= 0.3 is 0 Å². The van der Waals surface area contributed by atoms with E-state index in [9.17, 15) is 4.79 Å². The van der Waals surface area contributed by atoms with E-state index in [1.807, 2.05) is 6.07 Å². The van der Waals surface area contributed by atoms with Crippen LogP contribution in [0.4, 0.5) is 0 Å². The molecule has 22 heavy (non-hydrogen) atoms. The van der Waals surface area contributed by atoms with Crippen LogP contribution in [0.15, 0.2) is 30.3 Å². The first-order valence-electron chi connectivity index (χ1n) is 7.97. The second kappa shape index (κ2) is 8.88. The summed E-state index contributed by atoms with van der Waals surface area (Å²) in [7, 11) is 1.55. The quantitative estimate of drug-likeness (QED) is 0.740. The van der Waals surface area contributed by atoms with Crippen molar-refractivity contribution in [2.75, 3.05) is 39.9 Å². The second-order valence-electron chi connectivity index (χ2n) is 6.00. The standard InChI is InChI=1S/C17H27N3O2/c1-22-13-16(18)17(21)19-11-15-8-10-20(12-15)9-7-14-5-3-2-4-6-14/h2-6,15-16H,7-13,18H2,1H3,(H,19,21). The van der Waals surface area contributed by atoms with Crippen LogP contribution in [0.3, 0.4) is 0 Å². The smallest absolute Gasteiger partial charge is 0.239 e. The molecular formula is C17H27N3O2. The Balaban J connectivity index is 1.64. The maximum atomic E-state index is 11.8. The van der Waals surface area contributed by atoms with Crippen LogP contribution in [0.25, 0.3) is 0 Å². The van der Waals surface area contributed by atoms with Crippen molar-refractivity contribution in [3.63, 3.8) is 0 Å². The molecule has 1 saturated heterocycles. The van der Waals surface area contributed by atoms with Gasteiger partial charge in [0.2, 0.25) is 5.91 Å². The van der Waals surface area contributed by atoms with E-state index in [-0.39, 0.29) is 12.5 Å². The third kappa shape index (κ3) is 5.40. The summed E-state index contributed by atoms with van der Waals surface area (Å²) in [6.07, 6.45) is 2.22. The molecular weight excluding hydrogens is 278 g/mol. The highest BCUT2D eigenvalue weighted by Gasteiger charge is 2.23. The van der Waals surface area contributed by atoms with Crippen molar-refractivity contribution >= 4 is 5.91 Å². The number of methoxy groups -OCH3 is 1. The summed E-state index contributed by atoms with van der Waals surface area (Å²) in [5.74, 6) is 0.402. The van der Waals surface area contributed by atoms with Crippen LogP contribution < -0.4 is 11.1 Å². The first kappa shape index (κ1) is 16.9. The Bertz CT molecular complexity index is 452. The van der Waals surface area contributed by atoms with E-state index in [2.05, 4.69) is 34.5 Å². The van der Waals surface area contributed by atoms with Crippen LogP contribution in [0.5, 0.6) is 0 Å². The average molecular weight is 305 g/mol. The van der Waals surface area contributed by atoms with Gasteiger partial charge in [0.1, 0.15) is 6.04 Å². The lowest BCUT2D eigenvalue weighted by molar-refractivity contribution is -0.123. The lowest BCUT2D eigenvalue weighted by Gasteiger charge is -2.17. The first-order valence-corrected chi connectivity index (χ1v) is 7.97. The number of carbonyl (C=O) groups excluding carboxylic acids is 1. The van der Waals surface area contributed by atoms with Crippen LogP contribution in [0, 0.1) is 5.92 Å². The number of rotatable bonds is 8. The molecule has 1 amide bonds. The predicted octanol–water partition coefficient (Wildman–Crippen LogP) is 0.641. The number of benzene rings is 1. The zero-order valence-electron chi connectivity index (χ0n) is 13.3. The van der Waals surface area contributed by atoms with E-state index in [1.54, 1.807) is 7.11 Å². The normalized spacial score (nSPS) is 20.0. The third-order valence-corrected chi connectivity index (χ3v) is 4.18. The molecule has 1 fully saturated rings. The van der Waals surface area contributed by atoms with Crippen LogP contribution in [-0.2, 0) is 16.0 Å². The summed E-state index contributed by atoms with van der Waals surface area (Å²) in [4.78, 5) is 14.2. The Morgan fingerprint density at radius 2 is 2.23 bits per heavy atom. The van der Waals surface area contributed by atoms with Gasteiger partial charge in [-0.1, -0.05) is 30.3 Å². The van der Waals surface area contributed by atoms with E-state index in [0.717, 1.165) is 32.5 Å². The van der Waals surface area contributed by atoms with Gasteiger partial charge < -0.3 is 20.7 Å². The predicted molar refractivity (Wildman–Crippen MR) is 87.6 cm³/mol. The highest BCUT2D eigenvalue weighted by atomic mass is 16.5. The molecule has 3 N–H and O–H groups in total. The van der Waals surface area contributed by atoms with Gasteiger partial charge in [-0.25, -0.2) is 0 Å². The molecule has 2 unspecified atom stereocenters. The third-order valence-electron chi connectivity index (χ3n) is 4.18. The SMILES string of the molecule is COCC(N)C(=O)NCC1CCN(CCc2ccccc2)C1. The summed E-state index contributed by atoms with van der Waals surface area (Å²) in [5, 5.41) is 2.93. The number of carbonyl (C=O) groups is 1. The molecule has 2 atom stereocenters. The lowest BCUT2D eigenvalue weighted by Crippen LogP contribution is -2.45. The molecule has 0 aromatic heterocycles. The van der Waals surface area contributed by atoms with E-state index in [1.165, 1.54) is 5.56 Å². The monoisotopic (exact) mass is 305 g/mol. The van der Waals surface area contributed by atoms with Gasteiger partial charge in [0.15, 0.2) is 0 Å². The van der Waals surface area contributed by atoms with Crippen molar-refractivity contribution in [2.24, 2.45) is 11.7 Å². The van der Waals surface area contributed by atoms with Crippen molar-refractivity contribution in [1.29, 1.82) is 0 Å². The summed E-state index contributed by atoms with van der Waals surface area (Å²) in [6.45, 7) is 4.21. The van der Waals surface area contributed by atoms with Gasteiger partial charge in [-0.15, -0.1) is 0 Å². The highest BCUT2D eigenvalue weighted by Crippen LogP contribution is 2.16. The molecule has 0 bridgehead atoms. The fourth-order valence-electron chi connectivity index (χ4n) is 2.85. The number of nitrogens with two attached hydrogens (primary N) is 1. The molecule has 1 aromatic rings. The minimum absolute atomic E-state index is 0.121. The van der Waals surface area contributed by atoms with Gasteiger partial charge in [-0.2, -0.15) is 0 Å². The average Bonchev–Trinajstić information content (AvgIpc) is 3.00. The number of hydrogen-bond acceptors (Lipinski definition) is 4. The minimum atomic E-state index is -0.569. The Morgan fingerprint density at radius 3 is 2.95 bits per heavy atom. The van der Waals surface area contributed by atoms with Crippen molar-refractivity contribution in [3.05, 3.63) is 35.9 Å². The van der Waals surface area contributed by atoms with E-state index < -0.39 is 6.04 Å². The van der Waals surface area contributed by atoms with Crippen molar-refractivity contribution in [3.8, 4) is 0 Å². The Hall–Kier alpha value is -1.43. The van der Waals surface area contributed by atoms with Crippen LogP contribution in [0.1, 0.15) is 12.0 Å². The molecule has 5 nitrogen and oxygen atoms in total. The minimum Gasteiger partial charge on any atom is -0.383 e. The fraction of sp³-hybridized carbons (Fsp3) is 0.588. The zero-order valence-corrected chi connectivity index (χ0v) is 13.3. The van der Waals surface area contributed by atoms with Crippen LogP contribution >= 0.6 is 0 Å². The number of nitrogens with one attached hydrogen (secondary N) is 1. The largest absolute Gasteiger partial charge is 0.383 e. The molecule has 0 aliphatic carbocycles. The summed E-state index contributed by atoms with van der Waals surface area (Å²) in [6, 6.07) is 9.99. The fourth-order valence-corrected chi connectivity index (χ4v) is 2.85. The topological polar surface area (TPSA) is 67.6 Å². The van der Waals surface area contributed by atoms with E-state index in [0.29, 0.717) is 12.5 Å². The molecule has 0 saturated carbocycles. The lowest BCUT2D eigenvalue weighted by atomic mass is 10.1. The zero-order chi connectivity index (χ0) is 15.8. The number of likely N-dealkylation sites (tertiary alicyclic amines) is 1. The van der Waals surface area contributed by atoms with Gasteiger partial charge in [-0.05, 0) is 30.9 Å². The summed E-state index contributed by atoms with van der Waals surface area (Å²) >= 11 is 0. The number of amides is 1. The van der Waals surface area contributed by atoms with E-state index in [4.69, 9.17) is 10.5 Å². The van der Waals surface area contributed by atoms with Crippen molar-refractivity contribution in [2.45, 2.75) is 18.9 Å². The van der Waals surface area contributed by atoms with Gasteiger partial charge in [0.25, 0.3) is 0 Å². The maximum Gasteiger partial charge on any atom is 0.239 e. The molecule has 2 rings (SSSR count). The Kier molecular flexibility index (Phi) is 6.83. The number of ether oxygens (including phenoxy) is 1. The van der Waals surface area contributed by atoms with Crippen LogP contribution in [0.2, 0.25) is 0 Å². The molecule has 1 heterocycles. The maximum absolute atomic E-state index is 11.8. The number of nitrogens with zero attached hydrogens (tertiary/aromatic N) is 1. The first-order chi connectivity index (χ1) is 10.7. The molecule has 1 aliphatic heterocycles. The Labute approximate surface area is 132 Å². The molecule has 0 radical (unpaired) electrons. The molecule has 5 heteroatoms. The molecule has 122 valence electrons. The summed E-state index contributed by atoms with van der Waals surface area (Å²) < 4.78 is 4.89. The van der Waals surface area contributed by atoms with Gasteiger partial charge in [0.05, 0.1) is 6.61 Å². The molecule has 1 aromatic carbocycles. The van der Waals surface area contributed by atoms with Crippen molar-refractivity contribution < 1.29 is 9.53 Å². The summed E-state index contributed by atoms with van der Waals surface area (Å²) in [5.41, 5.74) is 7.08. The molecule has 0 spiro atoms. The second-order valence-corrected chi connectivity index (χ2v) is 6.00. The van der Waals surface area contributed by atoms with Crippen LogP contribution in [-0.4, -0.2) is 56.7 Å². The Morgan fingerprint density at radius 1 is 1.45 bits per heavy atom. The number of hydrogen-bond donors (Lipinski definition) is 2. The highest BCUT2D eigenvalue weighted by molar-refractivity contribution is 5.81. The molecule has 1 aliphatic rings.